The zero-order valence-corrected chi connectivity index (χ0v) is 11.2. The van der Waals surface area contributed by atoms with Gasteiger partial charge in [-0.15, -0.1) is 0 Å². The maximum absolute atomic E-state index is 11.2. The molecule has 6 heteroatoms. The van der Waals surface area contributed by atoms with Crippen LogP contribution in [0.2, 0.25) is 0 Å². The highest BCUT2D eigenvalue weighted by Gasteiger charge is 2.14. The summed E-state index contributed by atoms with van der Waals surface area (Å²) in [5.41, 5.74) is 3.61. The Morgan fingerprint density at radius 2 is 2.15 bits per heavy atom. The average molecular weight is 270 g/mol. The number of hydrogen-bond donors (Lipinski definition) is 1. The third-order valence-electron chi connectivity index (χ3n) is 3.32. The summed E-state index contributed by atoms with van der Waals surface area (Å²) in [6, 6.07) is 7.40. The summed E-state index contributed by atoms with van der Waals surface area (Å²) in [5, 5.41) is 13.5. The number of rotatable bonds is 3. The van der Waals surface area contributed by atoms with Crippen LogP contribution in [0.1, 0.15) is 17.4 Å². The van der Waals surface area contributed by atoms with E-state index >= 15 is 0 Å². The van der Waals surface area contributed by atoms with E-state index in [2.05, 4.69) is 10.1 Å². The number of imidazole rings is 1. The SMILES string of the molecule is CCn1nc(-c2ccc3c(c2)ncn3C)cc1C(=O)O. The topological polar surface area (TPSA) is 72.9 Å². The van der Waals surface area contributed by atoms with E-state index in [0.717, 1.165) is 16.6 Å². The Hall–Kier alpha value is -2.63. The van der Waals surface area contributed by atoms with Crippen molar-refractivity contribution in [3.63, 3.8) is 0 Å². The van der Waals surface area contributed by atoms with Crippen molar-refractivity contribution in [2.75, 3.05) is 0 Å². The van der Waals surface area contributed by atoms with Crippen molar-refractivity contribution in [1.29, 1.82) is 0 Å². The maximum Gasteiger partial charge on any atom is 0.354 e. The number of aromatic carboxylic acids is 1. The molecule has 0 saturated carbocycles. The first kappa shape index (κ1) is 12.4. The van der Waals surface area contributed by atoms with Crippen LogP contribution in [-0.4, -0.2) is 30.4 Å². The number of aromatic nitrogens is 4. The Morgan fingerprint density at radius 3 is 2.80 bits per heavy atom. The van der Waals surface area contributed by atoms with Crippen LogP contribution in [-0.2, 0) is 13.6 Å². The minimum Gasteiger partial charge on any atom is -0.477 e. The zero-order chi connectivity index (χ0) is 14.3. The number of nitrogens with zero attached hydrogens (tertiary/aromatic N) is 4. The van der Waals surface area contributed by atoms with Crippen LogP contribution in [0, 0.1) is 0 Å². The van der Waals surface area contributed by atoms with Crippen LogP contribution in [0.4, 0.5) is 0 Å². The number of benzene rings is 1. The van der Waals surface area contributed by atoms with E-state index in [1.165, 1.54) is 4.68 Å². The monoisotopic (exact) mass is 270 g/mol. The normalized spacial score (nSPS) is 11.1. The van der Waals surface area contributed by atoms with Crippen LogP contribution in [0.3, 0.4) is 0 Å². The van der Waals surface area contributed by atoms with E-state index in [1.54, 1.807) is 12.4 Å². The van der Waals surface area contributed by atoms with Crippen molar-refractivity contribution in [2.24, 2.45) is 7.05 Å². The Balaban J connectivity index is 2.12. The fraction of sp³-hybridized carbons (Fsp3) is 0.214. The predicted molar refractivity (Wildman–Crippen MR) is 74.6 cm³/mol. The van der Waals surface area contributed by atoms with Crippen molar-refractivity contribution >= 4 is 17.0 Å². The summed E-state index contributed by atoms with van der Waals surface area (Å²) in [7, 11) is 1.93. The van der Waals surface area contributed by atoms with Crippen molar-refractivity contribution in [1.82, 2.24) is 19.3 Å². The Bertz CT molecular complexity index is 801. The van der Waals surface area contributed by atoms with Crippen molar-refractivity contribution in [2.45, 2.75) is 13.5 Å². The van der Waals surface area contributed by atoms with Gasteiger partial charge >= 0.3 is 5.97 Å². The molecule has 2 aromatic heterocycles. The minimum atomic E-state index is -0.968. The molecule has 0 amide bonds. The number of aryl methyl sites for hydroxylation is 2. The first-order valence-electron chi connectivity index (χ1n) is 6.32. The summed E-state index contributed by atoms with van der Waals surface area (Å²) in [6.45, 7) is 2.39. The molecule has 0 saturated heterocycles. The lowest BCUT2D eigenvalue weighted by atomic mass is 10.1. The zero-order valence-electron chi connectivity index (χ0n) is 11.2. The molecular formula is C14H14N4O2. The minimum absolute atomic E-state index is 0.198. The van der Waals surface area contributed by atoms with Gasteiger partial charge in [0.25, 0.3) is 0 Å². The summed E-state index contributed by atoms with van der Waals surface area (Å²) in [4.78, 5) is 15.5. The third kappa shape index (κ3) is 1.85. The van der Waals surface area contributed by atoms with Gasteiger partial charge in [0, 0.05) is 19.2 Å². The molecule has 0 unspecified atom stereocenters. The number of carboxylic acids is 1. The third-order valence-corrected chi connectivity index (χ3v) is 3.32. The summed E-state index contributed by atoms with van der Waals surface area (Å²) < 4.78 is 3.42. The average Bonchev–Trinajstić information content (AvgIpc) is 3.02. The molecule has 3 rings (SSSR count). The highest BCUT2D eigenvalue weighted by atomic mass is 16.4. The molecule has 2 heterocycles. The highest BCUT2D eigenvalue weighted by molar-refractivity contribution is 5.88. The second kappa shape index (κ2) is 4.48. The second-order valence-corrected chi connectivity index (χ2v) is 4.59. The van der Waals surface area contributed by atoms with Gasteiger partial charge in [0.15, 0.2) is 0 Å². The van der Waals surface area contributed by atoms with Crippen molar-refractivity contribution in [3.8, 4) is 11.3 Å². The molecular weight excluding hydrogens is 256 g/mol. The van der Waals surface area contributed by atoms with Gasteiger partial charge in [-0.25, -0.2) is 9.78 Å². The van der Waals surface area contributed by atoms with E-state index in [4.69, 9.17) is 5.11 Å². The van der Waals surface area contributed by atoms with Gasteiger partial charge in [-0.05, 0) is 25.1 Å². The molecule has 6 nitrogen and oxygen atoms in total. The largest absolute Gasteiger partial charge is 0.477 e. The van der Waals surface area contributed by atoms with E-state index < -0.39 is 5.97 Å². The van der Waals surface area contributed by atoms with Crippen LogP contribution in [0.15, 0.2) is 30.6 Å². The van der Waals surface area contributed by atoms with Crippen LogP contribution in [0.5, 0.6) is 0 Å². The fourth-order valence-corrected chi connectivity index (χ4v) is 2.27. The van der Waals surface area contributed by atoms with E-state index in [-0.39, 0.29) is 5.69 Å². The molecule has 0 spiro atoms. The second-order valence-electron chi connectivity index (χ2n) is 4.59. The van der Waals surface area contributed by atoms with Gasteiger partial charge in [-0.3, -0.25) is 4.68 Å². The molecule has 1 N–H and O–H groups in total. The molecule has 20 heavy (non-hydrogen) atoms. The fourth-order valence-electron chi connectivity index (χ4n) is 2.27. The molecule has 0 aliphatic rings. The lowest BCUT2D eigenvalue weighted by Gasteiger charge is -1.99. The van der Waals surface area contributed by atoms with E-state index in [1.807, 2.05) is 36.7 Å². The molecule has 0 atom stereocenters. The number of hydrogen-bond acceptors (Lipinski definition) is 3. The molecule has 0 radical (unpaired) electrons. The quantitative estimate of drug-likeness (QED) is 0.791. The predicted octanol–water partition coefficient (Wildman–Crippen LogP) is 2.15. The lowest BCUT2D eigenvalue weighted by Crippen LogP contribution is -2.07. The number of carboxylic acid groups (broad SMARTS) is 1. The summed E-state index contributed by atoms with van der Waals surface area (Å²) >= 11 is 0. The molecule has 0 fully saturated rings. The van der Waals surface area contributed by atoms with Gasteiger partial charge in [-0.1, -0.05) is 6.07 Å². The van der Waals surface area contributed by atoms with Crippen molar-refractivity contribution in [3.05, 3.63) is 36.3 Å². The van der Waals surface area contributed by atoms with Gasteiger partial charge in [0.1, 0.15) is 5.69 Å². The van der Waals surface area contributed by atoms with E-state index in [0.29, 0.717) is 12.2 Å². The van der Waals surface area contributed by atoms with Crippen molar-refractivity contribution < 1.29 is 9.90 Å². The standard InChI is InChI=1S/C14H14N4O2/c1-3-18-13(14(19)20)7-10(16-18)9-4-5-12-11(6-9)15-8-17(12)2/h4-8H,3H2,1-2H3,(H,19,20). The molecule has 0 aliphatic carbocycles. The Morgan fingerprint density at radius 1 is 1.35 bits per heavy atom. The first-order valence-corrected chi connectivity index (χ1v) is 6.32. The van der Waals surface area contributed by atoms with Gasteiger partial charge in [-0.2, -0.15) is 5.10 Å². The smallest absolute Gasteiger partial charge is 0.354 e. The molecule has 0 bridgehead atoms. The lowest BCUT2D eigenvalue weighted by molar-refractivity contribution is 0.0683. The van der Waals surface area contributed by atoms with Crippen LogP contribution < -0.4 is 0 Å². The van der Waals surface area contributed by atoms with Gasteiger partial charge in [0.2, 0.25) is 0 Å². The summed E-state index contributed by atoms with van der Waals surface area (Å²) in [5.74, 6) is -0.968. The van der Waals surface area contributed by atoms with Gasteiger partial charge in [0.05, 0.1) is 23.1 Å². The summed E-state index contributed by atoms with van der Waals surface area (Å²) in [6.07, 6.45) is 1.75. The first-order chi connectivity index (χ1) is 9.60. The molecule has 1 aromatic carbocycles. The molecule has 3 aromatic rings. The van der Waals surface area contributed by atoms with Gasteiger partial charge < -0.3 is 9.67 Å². The maximum atomic E-state index is 11.2. The molecule has 102 valence electrons. The Kier molecular flexibility index (Phi) is 2.78. The van der Waals surface area contributed by atoms with Crippen LogP contribution in [0.25, 0.3) is 22.3 Å². The van der Waals surface area contributed by atoms with E-state index in [9.17, 15) is 4.79 Å². The van der Waals surface area contributed by atoms with Crippen LogP contribution >= 0.6 is 0 Å². The Labute approximate surface area is 115 Å². The number of fused-ring (bicyclic) bond motifs is 1. The highest BCUT2D eigenvalue weighted by Crippen LogP contribution is 2.23. The molecule has 0 aliphatic heterocycles. The number of carbonyl (C=O) groups is 1.